The number of carbonyl (C=O) groups excluding carboxylic acids is 1. The van der Waals surface area contributed by atoms with Crippen molar-refractivity contribution in [2.24, 2.45) is 0 Å². The summed E-state index contributed by atoms with van der Waals surface area (Å²) in [6.07, 6.45) is 4.92. The minimum absolute atomic E-state index is 0.207. The van der Waals surface area contributed by atoms with Crippen molar-refractivity contribution in [3.63, 3.8) is 0 Å². The van der Waals surface area contributed by atoms with E-state index in [1.165, 1.54) is 37.9 Å². The molecule has 5 nitrogen and oxygen atoms in total. The minimum atomic E-state index is -0.207. The molecule has 0 aromatic heterocycles. The summed E-state index contributed by atoms with van der Waals surface area (Å²) in [7, 11) is 3.03. The number of rotatable bonds is 4. The standard InChI is InChI=1S/C14H21N3O2/c1-17(19-2)14(18)10-7-8-13(12(15)9-10)16-11-5-3-4-6-11/h7-9,11,16H,3-6,15H2,1-2H3. The third kappa shape index (κ3) is 3.17. The summed E-state index contributed by atoms with van der Waals surface area (Å²) in [6, 6.07) is 5.83. The molecule has 5 heteroatoms. The number of anilines is 2. The zero-order valence-electron chi connectivity index (χ0n) is 11.5. The number of hydrogen-bond acceptors (Lipinski definition) is 4. The second-order valence-electron chi connectivity index (χ2n) is 4.91. The molecule has 3 N–H and O–H groups in total. The molecular formula is C14H21N3O2. The molecule has 1 fully saturated rings. The molecule has 0 heterocycles. The third-order valence-electron chi connectivity index (χ3n) is 3.57. The molecule has 0 spiro atoms. The van der Waals surface area contributed by atoms with Crippen LogP contribution in [0, 0.1) is 0 Å². The van der Waals surface area contributed by atoms with Gasteiger partial charge in [0.05, 0.1) is 18.5 Å². The summed E-state index contributed by atoms with van der Waals surface area (Å²) < 4.78 is 0. The molecule has 1 saturated carbocycles. The Kier molecular flexibility index (Phi) is 4.27. The smallest absolute Gasteiger partial charge is 0.277 e. The van der Waals surface area contributed by atoms with E-state index in [9.17, 15) is 4.79 Å². The number of nitrogens with two attached hydrogens (primary N) is 1. The maximum atomic E-state index is 11.9. The first-order chi connectivity index (χ1) is 9.11. The quantitative estimate of drug-likeness (QED) is 0.646. The molecule has 1 aliphatic rings. The van der Waals surface area contributed by atoms with Gasteiger partial charge in [0.15, 0.2) is 0 Å². The van der Waals surface area contributed by atoms with E-state index in [0.29, 0.717) is 17.3 Å². The summed E-state index contributed by atoms with van der Waals surface area (Å²) in [5.74, 6) is -0.207. The average molecular weight is 263 g/mol. The Labute approximate surface area is 113 Å². The van der Waals surface area contributed by atoms with Gasteiger partial charge in [0, 0.05) is 18.7 Å². The van der Waals surface area contributed by atoms with E-state index in [-0.39, 0.29) is 5.91 Å². The van der Waals surface area contributed by atoms with Crippen LogP contribution in [-0.4, -0.2) is 31.2 Å². The fourth-order valence-corrected chi connectivity index (χ4v) is 2.38. The molecule has 0 aliphatic heterocycles. The van der Waals surface area contributed by atoms with Gasteiger partial charge < -0.3 is 11.1 Å². The first-order valence-electron chi connectivity index (χ1n) is 6.60. The predicted molar refractivity (Wildman–Crippen MR) is 75.8 cm³/mol. The minimum Gasteiger partial charge on any atom is -0.397 e. The Morgan fingerprint density at radius 1 is 1.42 bits per heavy atom. The number of hydrogen-bond donors (Lipinski definition) is 2. The van der Waals surface area contributed by atoms with E-state index >= 15 is 0 Å². The molecule has 2 rings (SSSR count). The number of nitrogen functional groups attached to an aromatic ring is 1. The monoisotopic (exact) mass is 263 g/mol. The van der Waals surface area contributed by atoms with Crippen molar-refractivity contribution >= 4 is 17.3 Å². The summed E-state index contributed by atoms with van der Waals surface area (Å²) in [4.78, 5) is 16.8. The van der Waals surface area contributed by atoms with Crippen LogP contribution in [0.2, 0.25) is 0 Å². The number of hydroxylamine groups is 2. The number of nitrogens with zero attached hydrogens (tertiary/aromatic N) is 1. The molecule has 1 aromatic rings. The molecule has 19 heavy (non-hydrogen) atoms. The van der Waals surface area contributed by atoms with E-state index in [1.807, 2.05) is 6.07 Å². The highest BCUT2D eigenvalue weighted by Gasteiger charge is 2.17. The van der Waals surface area contributed by atoms with Crippen LogP contribution in [-0.2, 0) is 4.84 Å². The fourth-order valence-electron chi connectivity index (χ4n) is 2.38. The zero-order valence-corrected chi connectivity index (χ0v) is 11.5. The lowest BCUT2D eigenvalue weighted by Gasteiger charge is -2.17. The van der Waals surface area contributed by atoms with Crippen molar-refractivity contribution < 1.29 is 9.63 Å². The van der Waals surface area contributed by atoms with Gasteiger partial charge in [0.25, 0.3) is 5.91 Å². The van der Waals surface area contributed by atoms with Crippen LogP contribution < -0.4 is 11.1 Å². The SMILES string of the molecule is CON(C)C(=O)c1ccc(NC2CCCC2)c(N)c1. The molecule has 104 valence electrons. The number of amides is 1. The first-order valence-corrected chi connectivity index (χ1v) is 6.60. The van der Waals surface area contributed by atoms with Crippen LogP contribution in [0.25, 0.3) is 0 Å². The highest BCUT2D eigenvalue weighted by molar-refractivity contribution is 5.95. The van der Waals surface area contributed by atoms with Crippen LogP contribution in [0.3, 0.4) is 0 Å². The fraction of sp³-hybridized carbons (Fsp3) is 0.500. The maximum Gasteiger partial charge on any atom is 0.277 e. The Hall–Kier alpha value is -1.75. The molecule has 0 atom stereocenters. The Bertz CT molecular complexity index is 456. The topological polar surface area (TPSA) is 67.6 Å². The van der Waals surface area contributed by atoms with Gasteiger partial charge in [-0.15, -0.1) is 0 Å². The largest absolute Gasteiger partial charge is 0.397 e. The Balaban J connectivity index is 2.10. The van der Waals surface area contributed by atoms with Crippen LogP contribution in [0.4, 0.5) is 11.4 Å². The lowest BCUT2D eigenvalue weighted by atomic mass is 10.1. The third-order valence-corrected chi connectivity index (χ3v) is 3.57. The Morgan fingerprint density at radius 2 is 2.11 bits per heavy atom. The molecule has 0 radical (unpaired) electrons. The van der Waals surface area contributed by atoms with Crippen molar-refractivity contribution in [3.8, 4) is 0 Å². The second-order valence-corrected chi connectivity index (χ2v) is 4.91. The van der Waals surface area contributed by atoms with E-state index in [2.05, 4.69) is 5.32 Å². The molecule has 0 unspecified atom stereocenters. The molecule has 0 saturated heterocycles. The van der Waals surface area contributed by atoms with Crippen LogP contribution in [0.5, 0.6) is 0 Å². The number of benzene rings is 1. The summed E-state index contributed by atoms with van der Waals surface area (Å²) >= 11 is 0. The molecule has 1 amide bonds. The summed E-state index contributed by atoms with van der Waals surface area (Å²) in [6.45, 7) is 0. The normalized spacial score (nSPS) is 15.5. The van der Waals surface area contributed by atoms with Gasteiger partial charge >= 0.3 is 0 Å². The molecule has 1 aliphatic carbocycles. The van der Waals surface area contributed by atoms with Gasteiger partial charge in [-0.2, -0.15) is 0 Å². The first kappa shape index (κ1) is 13.7. The van der Waals surface area contributed by atoms with Crippen molar-refractivity contribution in [2.45, 2.75) is 31.7 Å². The van der Waals surface area contributed by atoms with Gasteiger partial charge in [-0.25, -0.2) is 5.06 Å². The van der Waals surface area contributed by atoms with E-state index in [4.69, 9.17) is 10.6 Å². The predicted octanol–water partition coefficient (Wildman–Crippen LogP) is 2.26. The zero-order chi connectivity index (χ0) is 13.8. The number of nitrogens with one attached hydrogen (secondary N) is 1. The van der Waals surface area contributed by atoms with E-state index in [1.54, 1.807) is 19.2 Å². The van der Waals surface area contributed by atoms with Gasteiger partial charge in [0.2, 0.25) is 0 Å². The highest BCUT2D eigenvalue weighted by Crippen LogP contribution is 2.26. The highest BCUT2D eigenvalue weighted by atomic mass is 16.7. The average Bonchev–Trinajstić information content (AvgIpc) is 2.92. The lowest BCUT2D eigenvalue weighted by Crippen LogP contribution is -2.25. The van der Waals surface area contributed by atoms with Crippen LogP contribution >= 0.6 is 0 Å². The Morgan fingerprint density at radius 3 is 2.68 bits per heavy atom. The second kappa shape index (κ2) is 5.93. The number of carbonyl (C=O) groups is 1. The van der Waals surface area contributed by atoms with Gasteiger partial charge in [-0.05, 0) is 31.0 Å². The molecular weight excluding hydrogens is 242 g/mol. The van der Waals surface area contributed by atoms with Crippen LogP contribution in [0.15, 0.2) is 18.2 Å². The van der Waals surface area contributed by atoms with E-state index < -0.39 is 0 Å². The van der Waals surface area contributed by atoms with Crippen LogP contribution in [0.1, 0.15) is 36.0 Å². The van der Waals surface area contributed by atoms with Gasteiger partial charge in [-0.3, -0.25) is 9.63 Å². The summed E-state index contributed by atoms with van der Waals surface area (Å²) in [5, 5.41) is 4.62. The molecule has 1 aromatic carbocycles. The van der Waals surface area contributed by atoms with Crippen molar-refractivity contribution in [1.82, 2.24) is 5.06 Å². The van der Waals surface area contributed by atoms with Gasteiger partial charge in [0.1, 0.15) is 0 Å². The van der Waals surface area contributed by atoms with Crippen molar-refractivity contribution in [2.75, 3.05) is 25.2 Å². The summed E-state index contributed by atoms with van der Waals surface area (Å²) in [5.41, 5.74) is 8.04. The van der Waals surface area contributed by atoms with Crippen molar-refractivity contribution in [3.05, 3.63) is 23.8 Å². The molecule has 0 bridgehead atoms. The van der Waals surface area contributed by atoms with Crippen molar-refractivity contribution in [1.29, 1.82) is 0 Å². The van der Waals surface area contributed by atoms with E-state index in [0.717, 1.165) is 5.69 Å². The maximum absolute atomic E-state index is 11.9. The van der Waals surface area contributed by atoms with Gasteiger partial charge in [-0.1, -0.05) is 12.8 Å². The lowest BCUT2D eigenvalue weighted by molar-refractivity contribution is -0.0756.